The second kappa shape index (κ2) is 7.88. The Morgan fingerprint density at radius 3 is 2.43 bits per heavy atom. The summed E-state index contributed by atoms with van der Waals surface area (Å²) in [5.74, 6) is -2.34. The first-order valence-electron chi connectivity index (χ1n) is 7.04. The molecular weight excluding hydrogens is 302 g/mol. The van der Waals surface area contributed by atoms with E-state index >= 15 is 0 Å². The fourth-order valence-electron chi connectivity index (χ4n) is 2.07. The molecule has 0 aromatic heterocycles. The third-order valence-electron chi connectivity index (χ3n) is 3.36. The summed E-state index contributed by atoms with van der Waals surface area (Å²) in [5, 5.41) is 3.00. The van der Waals surface area contributed by atoms with E-state index in [1.54, 1.807) is 0 Å². The van der Waals surface area contributed by atoms with Crippen LogP contribution in [0, 0.1) is 11.8 Å². The Hall–Kier alpha value is -0.960. The lowest BCUT2D eigenvalue weighted by atomic mass is 9.98. The minimum Gasteiger partial charge on any atom is -0.370 e. The Kier molecular flexibility index (Phi) is 6.79. The van der Waals surface area contributed by atoms with E-state index in [2.05, 4.69) is 10.3 Å². The van der Waals surface area contributed by atoms with Crippen molar-refractivity contribution < 1.29 is 17.2 Å². The van der Waals surface area contributed by atoms with Crippen LogP contribution in [0.15, 0.2) is 4.99 Å². The predicted molar refractivity (Wildman–Crippen MR) is 78.6 cm³/mol. The molecule has 9 heteroatoms. The molecule has 1 saturated heterocycles. The average molecular weight is 326 g/mol. The molecule has 3 N–H and O–H groups in total. The summed E-state index contributed by atoms with van der Waals surface area (Å²) in [6.45, 7) is 5.55. The van der Waals surface area contributed by atoms with Crippen LogP contribution in [0.3, 0.4) is 0 Å². The van der Waals surface area contributed by atoms with E-state index in [4.69, 9.17) is 5.73 Å². The number of rotatable bonds is 6. The number of guanidine groups is 1. The number of nitrogens with one attached hydrogen (secondary N) is 1. The van der Waals surface area contributed by atoms with Gasteiger partial charge in [0.25, 0.3) is 10.0 Å². The summed E-state index contributed by atoms with van der Waals surface area (Å²) in [5.41, 5.74) is 5.71. The molecule has 1 rings (SSSR count). The third-order valence-corrected chi connectivity index (χ3v) is 4.89. The Labute approximate surface area is 124 Å². The van der Waals surface area contributed by atoms with Crippen LogP contribution in [0.2, 0.25) is 0 Å². The quantitative estimate of drug-likeness (QED) is 0.558. The zero-order valence-electron chi connectivity index (χ0n) is 12.4. The van der Waals surface area contributed by atoms with Gasteiger partial charge < -0.3 is 11.1 Å². The van der Waals surface area contributed by atoms with Gasteiger partial charge in [0, 0.05) is 26.2 Å². The number of aliphatic imine (C=N–C) groups is 1. The number of alkyl halides is 2. The zero-order chi connectivity index (χ0) is 16.0. The van der Waals surface area contributed by atoms with Crippen molar-refractivity contribution in [3.63, 3.8) is 0 Å². The zero-order valence-corrected chi connectivity index (χ0v) is 13.2. The fraction of sp³-hybridized carbons (Fsp3) is 0.917. The number of nitrogens with two attached hydrogens (primary N) is 1. The van der Waals surface area contributed by atoms with E-state index in [0.717, 1.165) is 4.31 Å². The summed E-state index contributed by atoms with van der Waals surface area (Å²) >= 11 is 0. The molecule has 1 aliphatic heterocycles. The van der Waals surface area contributed by atoms with Crippen LogP contribution in [-0.4, -0.2) is 50.6 Å². The molecule has 0 saturated carbocycles. The smallest absolute Gasteiger partial charge is 0.350 e. The summed E-state index contributed by atoms with van der Waals surface area (Å²) in [6.07, 6.45) is 1.08. The first-order chi connectivity index (χ1) is 9.73. The number of piperidine rings is 1. The highest BCUT2D eigenvalue weighted by Gasteiger charge is 2.34. The van der Waals surface area contributed by atoms with Crippen molar-refractivity contribution in [2.45, 2.75) is 32.4 Å². The van der Waals surface area contributed by atoms with E-state index < -0.39 is 15.8 Å². The van der Waals surface area contributed by atoms with Crippen LogP contribution >= 0.6 is 0 Å². The molecule has 6 nitrogen and oxygen atoms in total. The van der Waals surface area contributed by atoms with Crippen molar-refractivity contribution in [3.8, 4) is 0 Å². The summed E-state index contributed by atoms with van der Waals surface area (Å²) < 4.78 is 48.4. The highest BCUT2D eigenvalue weighted by Crippen LogP contribution is 2.21. The summed E-state index contributed by atoms with van der Waals surface area (Å²) in [4.78, 5) is 4.16. The van der Waals surface area contributed by atoms with Crippen molar-refractivity contribution in [2.75, 3.05) is 26.2 Å². The van der Waals surface area contributed by atoms with E-state index in [-0.39, 0.29) is 19.0 Å². The molecule has 0 aromatic rings. The first-order valence-corrected chi connectivity index (χ1v) is 8.54. The monoisotopic (exact) mass is 326 g/mol. The van der Waals surface area contributed by atoms with Crippen LogP contribution in [0.5, 0.6) is 0 Å². The molecular formula is C12H24F2N4O2S. The van der Waals surface area contributed by atoms with Crippen molar-refractivity contribution in [2.24, 2.45) is 22.6 Å². The molecule has 1 heterocycles. The largest absolute Gasteiger partial charge is 0.370 e. The van der Waals surface area contributed by atoms with Gasteiger partial charge in [-0.1, -0.05) is 13.8 Å². The summed E-state index contributed by atoms with van der Waals surface area (Å²) in [6, 6.07) is 0. The highest BCUT2D eigenvalue weighted by molar-refractivity contribution is 7.89. The van der Waals surface area contributed by atoms with Crippen LogP contribution in [0.1, 0.15) is 26.7 Å². The predicted octanol–water partition coefficient (Wildman–Crippen LogP) is 0.811. The maximum Gasteiger partial charge on any atom is 0.350 e. The van der Waals surface area contributed by atoms with Crippen LogP contribution < -0.4 is 11.1 Å². The van der Waals surface area contributed by atoms with Crippen molar-refractivity contribution in [1.82, 2.24) is 9.62 Å². The van der Waals surface area contributed by atoms with Gasteiger partial charge in [0.2, 0.25) is 0 Å². The lowest BCUT2D eigenvalue weighted by Crippen LogP contribution is -2.44. The Bertz CT molecular complexity index is 446. The van der Waals surface area contributed by atoms with Crippen molar-refractivity contribution in [1.29, 1.82) is 0 Å². The molecule has 0 unspecified atom stereocenters. The molecule has 1 aliphatic rings. The molecule has 124 valence electrons. The molecule has 0 amide bonds. The Balaban J connectivity index is 2.36. The van der Waals surface area contributed by atoms with E-state index in [1.807, 2.05) is 13.8 Å². The lowest BCUT2D eigenvalue weighted by molar-refractivity contribution is 0.204. The number of nitrogens with zero attached hydrogens (tertiary/aromatic N) is 2. The van der Waals surface area contributed by atoms with Gasteiger partial charge in [0.1, 0.15) is 0 Å². The van der Waals surface area contributed by atoms with Crippen molar-refractivity contribution in [3.05, 3.63) is 0 Å². The van der Waals surface area contributed by atoms with Gasteiger partial charge in [-0.2, -0.15) is 13.1 Å². The molecule has 1 fully saturated rings. The lowest BCUT2D eigenvalue weighted by Gasteiger charge is -2.30. The normalized spacial score (nSPS) is 19.4. The van der Waals surface area contributed by atoms with Gasteiger partial charge in [0.05, 0.1) is 0 Å². The van der Waals surface area contributed by atoms with E-state index in [0.29, 0.717) is 37.8 Å². The van der Waals surface area contributed by atoms with E-state index in [1.165, 1.54) is 0 Å². The fourth-order valence-corrected chi connectivity index (χ4v) is 3.01. The molecule has 0 bridgehead atoms. The molecule has 0 spiro atoms. The number of hydrogen-bond acceptors (Lipinski definition) is 3. The minimum absolute atomic E-state index is 0.127. The van der Waals surface area contributed by atoms with Gasteiger partial charge in [-0.3, -0.25) is 4.99 Å². The van der Waals surface area contributed by atoms with Crippen molar-refractivity contribution >= 4 is 16.0 Å². The second-order valence-corrected chi connectivity index (χ2v) is 7.55. The van der Waals surface area contributed by atoms with E-state index in [9.17, 15) is 17.2 Å². The van der Waals surface area contributed by atoms with Gasteiger partial charge in [0.15, 0.2) is 5.96 Å². The van der Waals surface area contributed by atoms with Crippen LogP contribution in [-0.2, 0) is 10.0 Å². The van der Waals surface area contributed by atoms with Gasteiger partial charge >= 0.3 is 5.76 Å². The minimum atomic E-state index is -4.44. The standard InChI is InChI=1S/C12H24F2N4O2S/c1-9(2)7-16-12(15)17-8-10-3-5-18(6-4-10)21(19,20)11(13)14/h9-11H,3-8H2,1-2H3,(H3,15,16,17). The number of sulfonamides is 1. The first kappa shape index (κ1) is 18.1. The Morgan fingerprint density at radius 2 is 1.95 bits per heavy atom. The Morgan fingerprint density at radius 1 is 1.38 bits per heavy atom. The van der Waals surface area contributed by atoms with Crippen LogP contribution in [0.25, 0.3) is 0 Å². The van der Waals surface area contributed by atoms with Gasteiger partial charge in [-0.15, -0.1) is 0 Å². The maximum atomic E-state index is 12.4. The van der Waals surface area contributed by atoms with Gasteiger partial charge in [-0.25, -0.2) is 8.42 Å². The maximum absolute atomic E-state index is 12.4. The number of halogens is 2. The molecule has 0 radical (unpaired) electrons. The van der Waals surface area contributed by atoms with Crippen LogP contribution in [0.4, 0.5) is 8.78 Å². The highest BCUT2D eigenvalue weighted by atomic mass is 32.2. The second-order valence-electron chi connectivity index (χ2n) is 5.65. The topological polar surface area (TPSA) is 87.8 Å². The third kappa shape index (κ3) is 5.74. The molecule has 0 atom stereocenters. The molecule has 0 aliphatic carbocycles. The number of hydrogen-bond donors (Lipinski definition) is 2. The molecule has 0 aromatic carbocycles. The molecule has 21 heavy (non-hydrogen) atoms. The van der Waals surface area contributed by atoms with Gasteiger partial charge in [-0.05, 0) is 24.7 Å². The average Bonchev–Trinajstić information content (AvgIpc) is 2.43. The SMILES string of the molecule is CC(C)CN=C(N)NCC1CCN(S(=O)(=O)C(F)F)CC1. The summed E-state index contributed by atoms with van der Waals surface area (Å²) in [7, 11) is -4.44.